The van der Waals surface area contributed by atoms with Gasteiger partial charge in [0, 0.05) is 62.4 Å². The summed E-state index contributed by atoms with van der Waals surface area (Å²) in [6, 6.07) is 0.993. The van der Waals surface area contributed by atoms with E-state index in [0.29, 0.717) is 55.4 Å². The van der Waals surface area contributed by atoms with E-state index < -0.39 is 40.5 Å². The van der Waals surface area contributed by atoms with Gasteiger partial charge in [-0.2, -0.15) is 28.2 Å². The molecule has 0 radical (unpaired) electrons. The van der Waals surface area contributed by atoms with E-state index in [0.717, 1.165) is 55.2 Å². The molecule has 0 unspecified atom stereocenters. The van der Waals surface area contributed by atoms with E-state index >= 15 is 4.39 Å². The summed E-state index contributed by atoms with van der Waals surface area (Å²) in [6.45, 7) is 13.0. The van der Waals surface area contributed by atoms with E-state index in [2.05, 4.69) is 28.2 Å². The molecule has 0 spiro atoms. The van der Waals surface area contributed by atoms with Gasteiger partial charge in [0.05, 0.1) is 47.4 Å². The number of anilines is 2. The quantitative estimate of drug-likeness (QED) is 0.134. The van der Waals surface area contributed by atoms with Gasteiger partial charge in [-0.3, -0.25) is 14.4 Å². The van der Waals surface area contributed by atoms with Crippen LogP contribution in [0.25, 0.3) is 0 Å². The Labute approximate surface area is 312 Å². The zero-order valence-electron chi connectivity index (χ0n) is 31.4. The van der Waals surface area contributed by atoms with Crippen LogP contribution in [0.3, 0.4) is 0 Å². The number of hydrogen-bond acceptors (Lipinski definition) is 9. The highest BCUT2D eigenvalue weighted by molar-refractivity contribution is 5.94. The van der Waals surface area contributed by atoms with E-state index in [1.165, 1.54) is 11.8 Å². The van der Waals surface area contributed by atoms with Gasteiger partial charge in [0.25, 0.3) is 5.91 Å². The number of carbonyl (C=O) groups is 1. The maximum absolute atomic E-state index is 15.8. The highest BCUT2D eigenvalue weighted by Gasteiger charge is 2.47. The zero-order valence-corrected chi connectivity index (χ0v) is 31.4. The number of amides is 1. The third-order valence-electron chi connectivity index (χ3n) is 11.0. The molecule has 2 saturated heterocycles. The monoisotopic (exact) mass is 750 g/mol. The van der Waals surface area contributed by atoms with Crippen LogP contribution in [0.4, 0.5) is 29.1 Å². The first-order valence-electron chi connectivity index (χ1n) is 18.4. The Morgan fingerprint density at radius 1 is 1.20 bits per heavy atom. The summed E-state index contributed by atoms with van der Waals surface area (Å²) in [5.41, 5.74) is 7.14. The topological polar surface area (TPSA) is 115 Å². The molecule has 15 heteroatoms. The lowest BCUT2D eigenvalue weighted by Gasteiger charge is -2.33. The van der Waals surface area contributed by atoms with Crippen LogP contribution in [-0.2, 0) is 37.0 Å². The molecule has 6 heterocycles. The van der Waals surface area contributed by atoms with Crippen LogP contribution in [0.2, 0.25) is 0 Å². The number of nitrogen functional groups attached to an aromatic ring is 1. The Morgan fingerprint density at radius 2 is 1.98 bits per heavy atom. The predicted octanol–water partition coefficient (Wildman–Crippen LogP) is 6.01. The Kier molecular flexibility index (Phi) is 9.89. The molecule has 4 aliphatic heterocycles. The summed E-state index contributed by atoms with van der Waals surface area (Å²) < 4.78 is 74.3. The van der Waals surface area contributed by atoms with Gasteiger partial charge in [0.15, 0.2) is 11.5 Å². The number of alkyl halides is 3. The molecule has 0 aliphatic carbocycles. The Bertz CT molecular complexity index is 2070. The third-order valence-corrected chi connectivity index (χ3v) is 11.0. The molecule has 4 aliphatic rings. The summed E-state index contributed by atoms with van der Waals surface area (Å²) in [5, 5.41) is 4.76. The van der Waals surface area contributed by atoms with Crippen molar-refractivity contribution < 1.29 is 31.8 Å². The first kappa shape index (κ1) is 37.6. The van der Waals surface area contributed by atoms with Gasteiger partial charge in [-0.15, -0.1) is 5.92 Å². The average molecular weight is 751 g/mol. The molecule has 1 amide bonds. The van der Waals surface area contributed by atoms with Gasteiger partial charge in [0.1, 0.15) is 12.4 Å². The van der Waals surface area contributed by atoms with E-state index in [1.807, 2.05) is 18.5 Å². The fourth-order valence-corrected chi connectivity index (χ4v) is 8.62. The van der Waals surface area contributed by atoms with Crippen molar-refractivity contribution in [3.63, 3.8) is 0 Å². The number of aromatic nitrogens is 4. The number of nitrogens with zero attached hydrogens (tertiary/aromatic N) is 7. The number of ether oxygens (including phenoxy) is 2. The standard InChI is InChI=1S/C39H46F4N8O3/c1-7-10-24-15-26(44)33(40)31(32(24)39(41,42)43)29-16-27-25(20-53-29)35(46-37(45-27)54-21-38-11-8-13-50(38)18-23(4)17-38)49-12-9-14-51-28(19-49)30(22(2)3)34(47-51)36(52)48(5)6/h15,22,29H,4,8-9,11-14,16-21,44H2,1-3,5-6H3/t29-,38+/m0/s1. The fraction of sp³-hybridized carbons (Fsp3) is 0.538. The number of hydrogen-bond donors (Lipinski definition) is 1. The molecule has 3 aromatic rings. The van der Waals surface area contributed by atoms with Crippen LogP contribution in [0.1, 0.15) is 108 Å². The zero-order chi connectivity index (χ0) is 38.7. The van der Waals surface area contributed by atoms with Crippen molar-refractivity contribution in [2.24, 2.45) is 0 Å². The molecule has 2 atom stereocenters. The largest absolute Gasteiger partial charge is 0.461 e. The second-order valence-electron chi connectivity index (χ2n) is 15.3. The minimum Gasteiger partial charge on any atom is -0.461 e. The van der Waals surface area contributed by atoms with Gasteiger partial charge >= 0.3 is 12.2 Å². The van der Waals surface area contributed by atoms with Gasteiger partial charge < -0.3 is 25.0 Å². The van der Waals surface area contributed by atoms with Crippen LogP contribution in [0.5, 0.6) is 6.01 Å². The molecule has 2 fully saturated rings. The summed E-state index contributed by atoms with van der Waals surface area (Å²) in [7, 11) is 3.39. The summed E-state index contributed by atoms with van der Waals surface area (Å²) in [4.78, 5) is 29.0. The van der Waals surface area contributed by atoms with E-state index in [4.69, 9.17) is 30.3 Å². The summed E-state index contributed by atoms with van der Waals surface area (Å²) in [5.74, 6) is 4.05. The molecule has 54 heavy (non-hydrogen) atoms. The number of fused-ring (bicyclic) bond motifs is 3. The highest BCUT2D eigenvalue weighted by atomic mass is 19.4. The van der Waals surface area contributed by atoms with Crippen molar-refractivity contribution in [1.29, 1.82) is 0 Å². The van der Waals surface area contributed by atoms with Crippen molar-refractivity contribution in [2.45, 2.75) is 96.3 Å². The average Bonchev–Trinajstić information content (AvgIpc) is 3.71. The maximum atomic E-state index is 15.8. The lowest BCUT2D eigenvalue weighted by atomic mass is 9.90. The van der Waals surface area contributed by atoms with Crippen molar-refractivity contribution in [1.82, 2.24) is 29.5 Å². The molecule has 2 aromatic heterocycles. The second-order valence-corrected chi connectivity index (χ2v) is 15.3. The lowest BCUT2D eigenvalue weighted by Crippen LogP contribution is -2.43. The van der Waals surface area contributed by atoms with Crippen LogP contribution >= 0.6 is 0 Å². The molecule has 2 N–H and O–H groups in total. The van der Waals surface area contributed by atoms with Gasteiger partial charge in [0.2, 0.25) is 0 Å². The highest BCUT2D eigenvalue weighted by Crippen LogP contribution is 2.45. The number of rotatable bonds is 7. The normalized spacial score (nSPS) is 21.3. The van der Waals surface area contributed by atoms with E-state index in [-0.39, 0.29) is 36.4 Å². The number of aryl methyl sites for hydroxylation is 1. The Balaban J connectivity index is 1.32. The molecular formula is C39H46F4N8O3. The SMILES string of the molecule is C=C1CN2CCC[C@]2(COc2nc3c(c(N4CCCn5nc(C(=O)N(C)C)c(C(C)C)c5C4)n2)CO[C@H](c2c(F)c(N)cc(C#CC)c2C(F)(F)F)C3)C1. The van der Waals surface area contributed by atoms with E-state index in [9.17, 15) is 18.0 Å². The first-order valence-corrected chi connectivity index (χ1v) is 18.4. The van der Waals surface area contributed by atoms with Crippen LogP contribution in [-0.4, -0.2) is 81.3 Å². The number of halogens is 4. The molecule has 288 valence electrons. The van der Waals surface area contributed by atoms with Crippen molar-refractivity contribution >= 4 is 17.4 Å². The van der Waals surface area contributed by atoms with Gasteiger partial charge in [-0.05, 0) is 51.1 Å². The molecular weight excluding hydrogens is 704 g/mol. The Hall–Kier alpha value is -4.68. The van der Waals surface area contributed by atoms with Crippen LogP contribution < -0.4 is 15.4 Å². The summed E-state index contributed by atoms with van der Waals surface area (Å²) in [6.07, 6.45) is -3.08. The number of nitrogens with two attached hydrogens (primary N) is 1. The predicted molar refractivity (Wildman–Crippen MR) is 194 cm³/mol. The second kappa shape index (κ2) is 14.2. The van der Waals surface area contributed by atoms with Crippen molar-refractivity contribution in [3.8, 4) is 17.9 Å². The number of benzene rings is 1. The molecule has 0 saturated carbocycles. The van der Waals surface area contributed by atoms with Crippen LogP contribution in [0, 0.1) is 17.7 Å². The fourth-order valence-electron chi connectivity index (χ4n) is 8.62. The maximum Gasteiger partial charge on any atom is 0.418 e. The summed E-state index contributed by atoms with van der Waals surface area (Å²) >= 11 is 0. The number of carbonyl (C=O) groups excluding carboxylic acids is 1. The first-order chi connectivity index (χ1) is 25.6. The van der Waals surface area contributed by atoms with E-state index in [1.54, 1.807) is 14.1 Å². The van der Waals surface area contributed by atoms with Crippen molar-refractivity contribution in [3.05, 3.63) is 68.9 Å². The van der Waals surface area contributed by atoms with Gasteiger partial charge in [-0.25, -0.2) is 4.39 Å². The van der Waals surface area contributed by atoms with Crippen molar-refractivity contribution in [2.75, 3.05) is 51.0 Å². The van der Waals surface area contributed by atoms with Crippen LogP contribution in [0.15, 0.2) is 18.2 Å². The minimum absolute atomic E-state index is 0.0111. The third kappa shape index (κ3) is 6.68. The lowest BCUT2D eigenvalue weighted by molar-refractivity contribution is -0.140. The minimum atomic E-state index is -4.94. The Morgan fingerprint density at radius 3 is 2.69 bits per heavy atom. The smallest absolute Gasteiger partial charge is 0.418 e. The molecule has 1 aromatic carbocycles. The molecule has 11 nitrogen and oxygen atoms in total. The molecule has 0 bridgehead atoms. The molecule has 7 rings (SSSR count). The van der Waals surface area contributed by atoms with Gasteiger partial charge in [-0.1, -0.05) is 31.9 Å².